The topological polar surface area (TPSA) is 95.9 Å². The number of carbonyl (C=O) groups is 2. The van der Waals surface area contributed by atoms with Crippen molar-refractivity contribution >= 4 is 11.9 Å². The summed E-state index contributed by atoms with van der Waals surface area (Å²) >= 11 is 0. The van der Waals surface area contributed by atoms with Crippen LogP contribution in [0.4, 0.5) is 0 Å². The van der Waals surface area contributed by atoms with Crippen molar-refractivity contribution < 1.29 is 24.6 Å². The number of carboxylic acid groups (broad SMARTS) is 1. The maximum atomic E-state index is 10.4. The van der Waals surface area contributed by atoms with Gasteiger partial charge in [0.05, 0.1) is 7.11 Å². The quantitative estimate of drug-likeness (QED) is 0.259. The maximum Gasteiger partial charge on any atom is 0.336 e. The minimum atomic E-state index is -1.70. The number of hydroxylamine groups is 1. The van der Waals surface area contributed by atoms with Gasteiger partial charge in [0.15, 0.2) is 0 Å². The summed E-state index contributed by atoms with van der Waals surface area (Å²) in [4.78, 5) is 20.4. The number of methoxy groups -OCH3 is 1. The summed E-state index contributed by atoms with van der Waals surface area (Å²) in [6.07, 6.45) is 0. The van der Waals surface area contributed by atoms with Crippen molar-refractivity contribution in [2.75, 3.05) is 7.11 Å². The predicted octanol–water partition coefficient (Wildman–Crippen LogP) is -1.41. The summed E-state index contributed by atoms with van der Waals surface area (Å²) < 4.78 is 4.02. The maximum absolute atomic E-state index is 10.4. The Balaban J connectivity index is 4.06. The normalized spacial score (nSPS) is 12.2. The highest BCUT2D eigenvalue weighted by Gasteiger charge is 2.25. The standard InChI is InChI=1S/C4H7NO5/c1-10-4(8)2(5-9)3(6)7/h2,5,9H,1H3,(H,6,7). The van der Waals surface area contributed by atoms with E-state index in [4.69, 9.17) is 10.3 Å². The van der Waals surface area contributed by atoms with E-state index in [1.165, 1.54) is 5.48 Å². The molecule has 0 radical (unpaired) electrons. The molecule has 0 rings (SSSR count). The van der Waals surface area contributed by atoms with Gasteiger partial charge in [-0.15, -0.1) is 0 Å². The second-order valence-corrected chi connectivity index (χ2v) is 1.42. The van der Waals surface area contributed by atoms with Crippen LogP contribution in [0.25, 0.3) is 0 Å². The van der Waals surface area contributed by atoms with Gasteiger partial charge >= 0.3 is 11.9 Å². The first-order chi connectivity index (χ1) is 4.63. The third-order valence-electron chi connectivity index (χ3n) is 0.813. The number of carbonyl (C=O) groups excluding carboxylic acids is 1. The van der Waals surface area contributed by atoms with Gasteiger partial charge in [0.2, 0.25) is 6.04 Å². The summed E-state index contributed by atoms with van der Waals surface area (Å²) in [7, 11) is 1.02. The smallest absolute Gasteiger partial charge is 0.336 e. The van der Waals surface area contributed by atoms with Gasteiger partial charge in [-0.2, -0.15) is 5.48 Å². The Labute approximate surface area is 56.4 Å². The highest BCUT2D eigenvalue weighted by molar-refractivity contribution is 5.97. The molecular formula is C4H7NO5. The van der Waals surface area contributed by atoms with Crippen LogP contribution in [0.1, 0.15) is 0 Å². The Hall–Kier alpha value is -1.14. The summed E-state index contributed by atoms with van der Waals surface area (Å²) in [6.45, 7) is 0. The zero-order chi connectivity index (χ0) is 8.15. The van der Waals surface area contributed by atoms with Gasteiger partial charge in [0, 0.05) is 0 Å². The molecular weight excluding hydrogens is 142 g/mol. The molecule has 0 aromatic carbocycles. The molecule has 0 aliphatic rings. The third kappa shape index (κ3) is 2.00. The van der Waals surface area contributed by atoms with E-state index in [0.717, 1.165) is 7.11 Å². The van der Waals surface area contributed by atoms with Crippen LogP contribution in [-0.4, -0.2) is 35.4 Å². The average Bonchev–Trinajstić information content (AvgIpc) is 1.88. The monoisotopic (exact) mass is 149 g/mol. The summed E-state index contributed by atoms with van der Waals surface area (Å²) in [5.74, 6) is -2.54. The highest BCUT2D eigenvalue weighted by Crippen LogP contribution is 1.85. The largest absolute Gasteiger partial charge is 0.480 e. The molecule has 0 fully saturated rings. The SMILES string of the molecule is COC(=O)C(NO)C(=O)O. The average molecular weight is 149 g/mol. The molecule has 0 aliphatic heterocycles. The van der Waals surface area contributed by atoms with Crippen molar-refractivity contribution in [3.05, 3.63) is 0 Å². The van der Waals surface area contributed by atoms with Crippen molar-refractivity contribution in [1.29, 1.82) is 0 Å². The number of nitrogens with one attached hydrogen (secondary N) is 1. The van der Waals surface area contributed by atoms with Crippen molar-refractivity contribution in [2.24, 2.45) is 0 Å². The molecule has 3 N–H and O–H groups in total. The fraction of sp³-hybridized carbons (Fsp3) is 0.500. The van der Waals surface area contributed by atoms with Crippen LogP contribution in [0.5, 0.6) is 0 Å². The Kier molecular flexibility index (Phi) is 3.37. The van der Waals surface area contributed by atoms with E-state index >= 15 is 0 Å². The van der Waals surface area contributed by atoms with Crippen molar-refractivity contribution in [1.82, 2.24) is 5.48 Å². The van der Waals surface area contributed by atoms with Crippen molar-refractivity contribution in [3.63, 3.8) is 0 Å². The van der Waals surface area contributed by atoms with Gasteiger partial charge in [-0.3, -0.25) is 0 Å². The van der Waals surface area contributed by atoms with Gasteiger partial charge in [0.25, 0.3) is 0 Å². The third-order valence-corrected chi connectivity index (χ3v) is 0.813. The Morgan fingerprint density at radius 1 is 1.60 bits per heavy atom. The molecule has 0 aliphatic carbocycles. The zero-order valence-corrected chi connectivity index (χ0v) is 5.20. The number of hydrogen-bond acceptors (Lipinski definition) is 5. The van der Waals surface area contributed by atoms with E-state index in [9.17, 15) is 9.59 Å². The molecule has 0 bridgehead atoms. The second kappa shape index (κ2) is 3.80. The molecule has 0 spiro atoms. The van der Waals surface area contributed by atoms with Gasteiger partial charge in [0.1, 0.15) is 0 Å². The van der Waals surface area contributed by atoms with E-state index < -0.39 is 18.0 Å². The van der Waals surface area contributed by atoms with Crippen molar-refractivity contribution in [2.45, 2.75) is 6.04 Å². The number of aliphatic carboxylic acids is 1. The molecule has 10 heavy (non-hydrogen) atoms. The molecule has 0 saturated heterocycles. The van der Waals surface area contributed by atoms with Crippen molar-refractivity contribution in [3.8, 4) is 0 Å². The van der Waals surface area contributed by atoms with Crippen LogP contribution in [0.15, 0.2) is 0 Å². The molecule has 0 amide bonds. The molecule has 0 aromatic rings. The number of rotatable bonds is 3. The lowest BCUT2D eigenvalue weighted by atomic mass is 10.3. The van der Waals surface area contributed by atoms with Gasteiger partial charge in [-0.1, -0.05) is 0 Å². The zero-order valence-electron chi connectivity index (χ0n) is 5.20. The molecule has 58 valence electrons. The lowest BCUT2D eigenvalue weighted by molar-refractivity contribution is -0.157. The number of carboxylic acids is 1. The molecule has 0 heterocycles. The lowest BCUT2D eigenvalue weighted by Gasteiger charge is -2.05. The second-order valence-electron chi connectivity index (χ2n) is 1.42. The minimum Gasteiger partial charge on any atom is -0.480 e. The molecule has 6 nitrogen and oxygen atoms in total. The first-order valence-electron chi connectivity index (χ1n) is 2.33. The Morgan fingerprint density at radius 2 is 2.10 bits per heavy atom. The van der Waals surface area contributed by atoms with Crippen LogP contribution in [0, 0.1) is 0 Å². The van der Waals surface area contributed by atoms with Crippen LogP contribution >= 0.6 is 0 Å². The lowest BCUT2D eigenvalue weighted by Crippen LogP contribution is -2.42. The van der Waals surface area contributed by atoms with E-state index in [0.29, 0.717) is 0 Å². The fourth-order valence-electron chi connectivity index (χ4n) is 0.327. The van der Waals surface area contributed by atoms with E-state index in [-0.39, 0.29) is 0 Å². The summed E-state index contributed by atoms with van der Waals surface area (Å²) in [5.41, 5.74) is 1.28. The molecule has 1 unspecified atom stereocenters. The first-order valence-corrected chi connectivity index (χ1v) is 2.33. The van der Waals surface area contributed by atoms with Crippen LogP contribution < -0.4 is 5.48 Å². The predicted molar refractivity (Wildman–Crippen MR) is 28.4 cm³/mol. The molecule has 0 saturated carbocycles. The minimum absolute atomic E-state index is 1.02. The molecule has 1 atom stereocenters. The van der Waals surface area contributed by atoms with E-state index in [2.05, 4.69) is 4.74 Å². The van der Waals surface area contributed by atoms with Gasteiger partial charge in [-0.25, -0.2) is 9.59 Å². The van der Waals surface area contributed by atoms with Gasteiger partial charge < -0.3 is 15.1 Å². The molecule has 0 aromatic heterocycles. The van der Waals surface area contributed by atoms with Gasteiger partial charge in [-0.05, 0) is 0 Å². The Bertz CT molecular complexity index is 145. The summed E-state index contributed by atoms with van der Waals surface area (Å²) in [6, 6.07) is -1.70. The number of esters is 1. The molecule has 6 heteroatoms. The van der Waals surface area contributed by atoms with E-state index in [1.54, 1.807) is 0 Å². The van der Waals surface area contributed by atoms with Crippen LogP contribution in [0.2, 0.25) is 0 Å². The first kappa shape index (κ1) is 8.86. The van der Waals surface area contributed by atoms with E-state index in [1.807, 2.05) is 0 Å². The van der Waals surface area contributed by atoms with Crippen LogP contribution in [-0.2, 0) is 14.3 Å². The number of hydrogen-bond donors (Lipinski definition) is 3. The van der Waals surface area contributed by atoms with Crippen LogP contribution in [0.3, 0.4) is 0 Å². The Morgan fingerprint density at radius 3 is 2.20 bits per heavy atom. The summed E-state index contributed by atoms with van der Waals surface area (Å²) in [5, 5.41) is 16.2. The fourth-order valence-corrected chi connectivity index (χ4v) is 0.327. The number of ether oxygens (including phenoxy) is 1. The highest BCUT2D eigenvalue weighted by atomic mass is 16.5.